The van der Waals surface area contributed by atoms with Gasteiger partial charge in [-0.25, -0.2) is 4.79 Å². The maximum absolute atomic E-state index is 12.0. The van der Waals surface area contributed by atoms with E-state index in [1.807, 2.05) is 0 Å². The molecule has 2 rings (SSSR count). The summed E-state index contributed by atoms with van der Waals surface area (Å²) in [5, 5.41) is 12.1. The predicted octanol–water partition coefficient (Wildman–Crippen LogP) is 0.797. The molecule has 0 saturated heterocycles. The maximum atomic E-state index is 12.0. The van der Waals surface area contributed by atoms with Crippen LogP contribution in [-0.2, 0) is 0 Å². The van der Waals surface area contributed by atoms with Crippen LogP contribution in [0.1, 0.15) is 15.9 Å². The molecule has 1 heterocycles. The lowest BCUT2D eigenvalue weighted by atomic mass is 10.1. The van der Waals surface area contributed by atoms with Crippen molar-refractivity contribution in [2.75, 3.05) is 13.6 Å². The van der Waals surface area contributed by atoms with E-state index in [1.165, 1.54) is 6.20 Å². The van der Waals surface area contributed by atoms with Crippen molar-refractivity contribution in [1.82, 2.24) is 10.3 Å². The Labute approximate surface area is 109 Å². The number of hydrogen-bond donors (Lipinski definition) is 3. The van der Waals surface area contributed by atoms with E-state index < -0.39 is 11.4 Å². The molecule has 0 aliphatic carbocycles. The van der Waals surface area contributed by atoms with Gasteiger partial charge in [-0.3, -0.25) is 4.79 Å². The molecule has 2 aromatic rings. The summed E-state index contributed by atoms with van der Waals surface area (Å²) in [6, 6.07) is 5.09. The molecular weight excluding hydrogens is 244 g/mol. The number of aromatic carboxylic acids is 1. The number of H-pyrrole nitrogens is 1. The zero-order chi connectivity index (χ0) is 13.8. The number of benzene rings is 1. The van der Waals surface area contributed by atoms with Gasteiger partial charge in [-0.1, -0.05) is 11.8 Å². The number of carbonyl (C=O) groups is 1. The van der Waals surface area contributed by atoms with Crippen LogP contribution in [0.5, 0.6) is 0 Å². The first-order chi connectivity index (χ1) is 9.13. The van der Waals surface area contributed by atoms with Crippen LogP contribution in [-0.4, -0.2) is 29.7 Å². The van der Waals surface area contributed by atoms with E-state index in [2.05, 4.69) is 22.1 Å². The van der Waals surface area contributed by atoms with Gasteiger partial charge in [-0.2, -0.15) is 0 Å². The lowest BCUT2D eigenvalue weighted by molar-refractivity contribution is 0.0695. The normalized spacial score (nSPS) is 9.95. The highest BCUT2D eigenvalue weighted by Gasteiger charge is 2.11. The molecule has 0 aliphatic rings. The summed E-state index contributed by atoms with van der Waals surface area (Å²) >= 11 is 0. The van der Waals surface area contributed by atoms with Gasteiger partial charge in [-0.15, -0.1) is 0 Å². The summed E-state index contributed by atoms with van der Waals surface area (Å²) in [6.45, 7) is 0.545. The summed E-state index contributed by atoms with van der Waals surface area (Å²) in [4.78, 5) is 25.7. The number of pyridine rings is 1. The van der Waals surface area contributed by atoms with Crippen LogP contribution in [0.15, 0.2) is 29.2 Å². The predicted molar refractivity (Wildman–Crippen MR) is 72.3 cm³/mol. The van der Waals surface area contributed by atoms with Crippen molar-refractivity contribution in [2.45, 2.75) is 0 Å². The molecule has 1 aromatic heterocycles. The lowest BCUT2D eigenvalue weighted by Crippen LogP contribution is -2.15. The van der Waals surface area contributed by atoms with Gasteiger partial charge >= 0.3 is 5.97 Å². The van der Waals surface area contributed by atoms with E-state index in [-0.39, 0.29) is 5.56 Å². The Bertz CT molecular complexity index is 751. The van der Waals surface area contributed by atoms with Gasteiger partial charge in [0.2, 0.25) is 5.43 Å². The van der Waals surface area contributed by atoms with Crippen LogP contribution in [0.2, 0.25) is 0 Å². The second-order valence-corrected chi connectivity index (χ2v) is 3.93. The minimum Gasteiger partial charge on any atom is -0.477 e. The van der Waals surface area contributed by atoms with Gasteiger partial charge in [0.15, 0.2) is 0 Å². The largest absolute Gasteiger partial charge is 0.477 e. The Morgan fingerprint density at radius 3 is 2.95 bits per heavy atom. The lowest BCUT2D eigenvalue weighted by Gasteiger charge is -2.00. The zero-order valence-corrected chi connectivity index (χ0v) is 10.3. The third-order valence-electron chi connectivity index (χ3n) is 2.61. The molecule has 5 nitrogen and oxygen atoms in total. The molecule has 5 heteroatoms. The molecule has 0 spiro atoms. The van der Waals surface area contributed by atoms with Gasteiger partial charge in [0.1, 0.15) is 5.56 Å². The van der Waals surface area contributed by atoms with Gasteiger partial charge in [-0.05, 0) is 25.2 Å². The highest BCUT2D eigenvalue weighted by atomic mass is 16.4. The molecule has 0 amide bonds. The fourth-order valence-corrected chi connectivity index (χ4v) is 1.69. The highest BCUT2D eigenvalue weighted by Crippen LogP contribution is 2.10. The van der Waals surface area contributed by atoms with E-state index >= 15 is 0 Å². The SMILES string of the molecule is CNCC#Cc1ccc2[nH]cc(C(=O)O)c(=O)c2c1. The van der Waals surface area contributed by atoms with Crippen molar-refractivity contribution in [3.63, 3.8) is 0 Å². The molecule has 19 heavy (non-hydrogen) atoms. The van der Waals surface area contributed by atoms with Crippen LogP contribution < -0.4 is 10.7 Å². The summed E-state index contributed by atoms with van der Waals surface area (Å²) < 4.78 is 0. The Morgan fingerprint density at radius 2 is 2.26 bits per heavy atom. The number of carboxylic acids is 1. The van der Waals surface area contributed by atoms with E-state index in [1.54, 1.807) is 25.2 Å². The smallest absolute Gasteiger partial charge is 0.341 e. The number of hydrogen-bond acceptors (Lipinski definition) is 3. The minimum atomic E-state index is -1.24. The van der Waals surface area contributed by atoms with Gasteiger partial charge in [0, 0.05) is 22.7 Å². The fraction of sp³-hybridized carbons (Fsp3) is 0.143. The van der Waals surface area contributed by atoms with E-state index in [0.717, 1.165) is 0 Å². The first kappa shape index (κ1) is 12.9. The molecule has 96 valence electrons. The third-order valence-corrected chi connectivity index (χ3v) is 2.61. The van der Waals surface area contributed by atoms with Crippen molar-refractivity contribution < 1.29 is 9.90 Å². The van der Waals surface area contributed by atoms with Crippen LogP contribution in [0.25, 0.3) is 10.9 Å². The second kappa shape index (κ2) is 5.38. The monoisotopic (exact) mass is 256 g/mol. The molecule has 1 aromatic carbocycles. The number of carboxylic acid groups (broad SMARTS) is 1. The standard InChI is InChI=1S/C14H12N2O3/c1-15-6-2-3-9-4-5-12-10(7-9)13(17)11(8-16-12)14(18)19/h4-5,7-8,15H,6H2,1H3,(H,16,17)(H,18,19). The Kier molecular flexibility index (Phi) is 3.64. The fourth-order valence-electron chi connectivity index (χ4n) is 1.69. The van der Waals surface area contributed by atoms with Crippen LogP contribution in [0.4, 0.5) is 0 Å². The zero-order valence-electron chi connectivity index (χ0n) is 10.3. The summed E-state index contributed by atoms with van der Waals surface area (Å²) in [7, 11) is 1.79. The number of rotatable bonds is 2. The molecule has 0 aliphatic heterocycles. The van der Waals surface area contributed by atoms with Crippen molar-refractivity contribution >= 4 is 16.9 Å². The van der Waals surface area contributed by atoms with Crippen LogP contribution in [0.3, 0.4) is 0 Å². The topological polar surface area (TPSA) is 82.2 Å². The number of nitrogens with one attached hydrogen (secondary N) is 2. The van der Waals surface area contributed by atoms with Gasteiger partial charge in [0.25, 0.3) is 0 Å². The molecule has 0 unspecified atom stereocenters. The van der Waals surface area contributed by atoms with Crippen LogP contribution >= 0.6 is 0 Å². The first-order valence-electron chi connectivity index (χ1n) is 5.65. The van der Waals surface area contributed by atoms with E-state index in [0.29, 0.717) is 23.0 Å². The maximum Gasteiger partial charge on any atom is 0.341 e. The van der Waals surface area contributed by atoms with Gasteiger partial charge < -0.3 is 15.4 Å². The average molecular weight is 256 g/mol. The van der Waals surface area contributed by atoms with Crippen molar-refractivity contribution in [3.05, 3.63) is 45.7 Å². The Balaban J connectivity index is 2.58. The van der Waals surface area contributed by atoms with Crippen LogP contribution in [0, 0.1) is 11.8 Å². The Hall–Kier alpha value is -2.58. The molecule has 0 bridgehead atoms. The average Bonchev–Trinajstić information content (AvgIpc) is 2.39. The first-order valence-corrected chi connectivity index (χ1v) is 5.65. The van der Waals surface area contributed by atoms with Crippen molar-refractivity contribution in [1.29, 1.82) is 0 Å². The number of aromatic amines is 1. The quantitative estimate of drug-likeness (QED) is 0.694. The van der Waals surface area contributed by atoms with Crippen molar-refractivity contribution in [3.8, 4) is 11.8 Å². The minimum absolute atomic E-state index is 0.271. The second-order valence-electron chi connectivity index (χ2n) is 3.93. The molecule has 0 atom stereocenters. The number of aromatic nitrogens is 1. The summed E-state index contributed by atoms with van der Waals surface area (Å²) in [6.07, 6.45) is 1.21. The molecule has 0 radical (unpaired) electrons. The number of fused-ring (bicyclic) bond motifs is 1. The molecule has 3 N–H and O–H groups in total. The van der Waals surface area contributed by atoms with Crippen molar-refractivity contribution in [2.24, 2.45) is 0 Å². The van der Waals surface area contributed by atoms with Gasteiger partial charge in [0.05, 0.1) is 6.54 Å². The summed E-state index contributed by atoms with van der Waals surface area (Å²) in [5.41, 5.74) is 0.497. The highest BCUT2D eigenvalue weighted by molar-refractivity contribution is 5.92. The van der Waals surface area contributed by atoms with E-state index in [4.69, 9.17) is 5.11 Å². The molecular formula is C14H12N2O3. The summed E-state index contributed by atoms with van der Waals surface area (Å²) in [5.74, 6) is 4.54. The Morgan fingerprint density at radius 1 is 1.47 bits per heavy atom. The molecule has 0 fully saturated rings. The van der Waals surface area contributed by atoms with E-state index in [9.17, 15) is 9.59 Å². The third kappa shape index (κ3) is 2.64. The molecule has 0 saturated carbocycles.